The van der Waals surface area contributed by atoms with E-state index in [1.807, 2.05) is 0 Å². The van der Waals surface area contributed by atoms with Crippen molar-refractivity contribution in [3.05, 3.63) is 0 Å². The lowest BCUT2D eigenvalue weighted by atomic mass is 9.46. The monoisotopic (exact) mass is 456 g/mol. The van der Waals surface area contributed by atoms with Crippen molar-refractivity contribution in [1.82, 2.24) is 0 Å². The van der Waals surface area contributed by atoms with Gasteiger partial charge in [0.15, 0.2) is 5.41 Å². The first-order chi connectivity index (χ1) is 10.9. The molecule has 1 aliphatic rings. The summed E-state index contributed by atoms with van der Waals surface area (Å²) < 4.78 is 0. The topological polar surface area (TPSA) is 102 Å². The Morgan fingerprint density at radius 1 is 0.500 bits per heavy atom. The second-order valence-electron chi connectivity index (χ2n) is 5.06. The Morgan fingerprint density at radius 3 is 0.917 bits per heavy atom. The van der Waals surface area contributed by atoms with Gasteiger partial charge in [-0.05, 0) is 82.4 Å². The van der Waals surface area contributed by atoms with E-state index >= 15 is 0 Å². The van der Waals surface area contributed by atoms with E-state index in [1.165, 1.54) is 0 Å². The third-order valence-electron chi connectivity index (χ3n) is 4.32. The summed E-state index contributed by atoms with van der Waals surface area (Å²) in [4.78, 5) is 72.7. The maximum absolute atomic E-state index is 12.2. The molecular weight excluding hydrogens is 453 g/mol. The Morgan fingerprint density at radius 2 is 0.750 bits per heavy atom. The molecule has 0 aromatic heterocycles. The quantitative estimate of drug-likeness (QED) is 0.448. The molecule has 1 aliphatic carbocycles. The van der Waals surface area contributed by atoms with Crippen LogP contribution in [0, 0.1) is 16.2 Å². The minimum atomic E-state index is -3.28. The minimum Gasteiger partial charge on any atom is -0.280 e. The Kier molecular flexibility index (Phi) is 6.52. The molecule has 12 heteroatoms. The van der Waals surface area contributed by atoms with Gasteiger partial charge in [-0.3, -0.25) is 28.8 Å². The first kappa shape index (κ1) is 21.8. The van der Waals surface area contributed by atoms with Crippen LogP contribution in [0.2, 0.25) is 0 Å². The summed E-state index contributed by atoms with van der Waals surface area (Å²) in [7, 11) is 0. The highest BCUT2D eigenvalue weighted by Gasteiger charge is 2.81. The van der Waals surface area contributed by atoms with Gasteiger partial charge < -0.3 is 0 Å². The first-order valence-corrected chi connectivity index (χ1v) is 8.33. The Labute approximate surface area is 165 Å². The van der Waals surface area contributed by atoms with Gasteiger partial charge >= 0.3 is 0 Å². The molecule has 0 atom stereocenters. The van der Waals surface area contributed by atoms with Crippen LogP contribution in [0.3, 0.4) is 0 Å². The van der Waals surface area contributed by atoms with Crippen LogP contribution >= 0.6 is 69.6 Å². The highest BCUT2D eigenvalue weighted by molar-refractivity contribution is 6.83. The van der Waals surface area contributed by atoms with E-state index in [9.17, 15) is 28.8 Å². The average molecular weight is 459 g/mol. The molecule has 0 radical (unpaired) electrons. The number of carbonyl (C=O) groups excluding carboxylic acids is 6. The molecule has 1 saturated carbocycles. The summed E-state index contributed by atoms with van der Waals surface area (Å²) >= 11 is 32.7. The molecule has 0 spiro atoms. The van der Waals surface area contributed by atoms with Crippen LogP contribution in [0.4, 0.5) is 0 Å². The predicted octanol–water partition coefficient (Wildman–Crippen LogP) is 2.72. The fourth-order valence-corrected chi connectivity index (χ4v) is 5.49. The van der Waals surface area contributed by atoms with Crippen LogP contribution in [-0.2, 0) is 28.8 Å². The van der Waals surface area contributed by atoms with Crippen LogP contribution in [0.1, 0.15) is 19.3 Å². The van der Waals surface area contributed by atoms with Gasteiger partial charge in [-0.25, -0.2) is 0 Å². The molecular formula is C12H6Cl6O6. The summed E-state index contributed by atoms with van der Waals surface area (Å²) in [6.07, 6.45) is -1.39. The van der Waals surface area contributed by atoms with Gasteiger partial charge in [0.25, 0.3) is 0 Å². The highest BCUT2D eigenvalue weighted by Crippen LogP contribution is 2.65. The summed E-state index contributed by atoms with van der Waals surface area (Å²) in [5.41, 5.74) is -9.06. The highest BCUT2D eigenvalue weighted by atomic mass is 35.5. The van der Waals surface area contributed by atoms with Gasteiger partial charge in [-0.15, -0.1) is 0 Å². The molecule has 24 heavy (non-hydrogen) atoms. The van der Waals surface area contributed by atoms with Gasteiger partial charge in [-0.1, -0.05) is 6.42 Å². The van der Waals surface area contributed by atoms with Crippen molar-refractivity contribution in [3.8, 4) is 0 Å². The second-order valence-corrected chi connectivity index (χ2v) is 7.12. The molecule has 0 aromatic carbocycles. The summed E-state index contributed by atoms with van der Waals surface area (Å²) in [6.45, 7) is 0. The average Bonchev–Trinajstić information content (AvgIpc) is 2.43. The van der Waals surface area contributed by atoms with Crippen LogP contribution in [-0.4, -0.2) is 31.5 Å². The van der Waals surface area contributed by atoms with Gasteiger partial charge in [0.2, 0.25) is 31.5 Å². The standard InChI is InChI=1S/C12H6Cl6O6/c13-4(19)10(5(14)20)2-1-3-11(6(15)21,7(16)22)12(10,8(17)23)9(18)24/h1-3H2. The maximum atomic E-state index is 12.2. The zero-order chi connectivity index (χ0) is 19.1. The third kappa shape index (κ3) is 2.46. The molecule has 1 rings (SSSR count). The van der Waals surface area contributed by atoms with Crippen molar-refractivity contribution >= 4 is 101 Å². The first-order valence-electron chi connectivity index (χ1n) is 6.07. The summed E-state index contributed by atoms with van der Waals surface area (Å²) in [5.74, 6) is 0. The Balaban J connectivity index is 4.23. The van der Waals surface area contributed by atoms with Gasteiger partial charge in [0, 0.05) is 0 Å². The third-order valence-corrected chi connectivity index (χ3v) is 6.17. The molecule has 132 valence electrons. The van der Waals surface area contributed by atoms with E-state index < -0.39 is 60.5 Å². The van der Waals surface area contributed by atoms with E-state index in [-0.39, 0.29) is 6.42 Å². The van der Waals surface area contributed by atoms with Crippen LogP contribution in [0.25, 0.3) is 0 Å². The van der Waals surface area contributed by atoms with Crippen molar-refractivity contribution in [3.63, 3.8) is 0 Å². The number of halogens is 6. The van der Waals surface area contributed by atoms with E-state index in [0.717, 1.165) is 0 Å². The molecule has 0 N–H and O–H groups in total. The van der Waals surface area contributed by atoms with Gasteiger partial charge in [0.05, 0.1) is 0 Å². The molecule has 6 nitrogen and oxygen atoms in total. The fraction of sp³-hybridized carbons (Fsp3) is 0.500. The largest absolute Gasteiger partial charge is 0.280 e. The van der Waals surface area contributed by atoms with Crippen LogP contribution in [0.5, 0.6) is 0 Å². The number of carbonyl (C=O) groups is 6. The molecule has 0 amide bonds. The zero-order valence-electron chi connectivity index (χ0n) is 11.3. The van der Waals surface area contributed by atoms with Crippen molar-refractivity contribution in [2.24, 2.45) is 16.2 Å². The van der Waals surface area contributed by atoms with Gasteiger partial charge in [0.1, 0.15) is 10.8 Å². The maximum Gasteiger partial charge on any atom is 0.239 e. The Bertz CT molecular complexity index is 587. The molecule has 0 aliphatic heterocycles. The number of hydrogen-bond acceptors (Lipinski definition) is 6. The minimum absolute atomic E-state index is 0.232. The number of hydrogen-bond donors (Lipinski definition) is 0. The van der Waals surface area contributed by atoms with Crippen molar-refractivity contribution in [2.45, 2.75) is 19.3 Å². The van der Waals surface area contributed by atoms with Crippen molar-refractivity contribution in [2.75, 3.05) is 0 Å². The lowest BCUT2D eigenvalue weighted by Gasteiger charge is -2.52. The van der Waals surface area contributed by atoms with Gasteiger partial charge in [-0.2, -0.15) is 0 Å². The van der Waals surface area contributed by atoms with Crippen LogP contribution in [0.15, 0.2) is 0 Å². The summed E-state index contributed by atoms with van der Waals surface area (Å²) in [6, 6.07) is 0. The molecule has 0 unspecified atom stereocenters. The predicted molar refractivity (Wildman–Crippen MR) is 86.3 cm³/mol. The normalized spacial score (nSPS) is 20.8. The van der Waals surface area contributed by atoms with E-state index in [2.05, 4.69) is 0 Å². The second kappa shape index (κ2) is 7.17. The smallest absolute Gasteiger partial charge is 0.239 e. The Hall–Kier alpha value is -0.240. The molecule has 0 aromatic rings. The van der Waals surface area contributed by atoms with E-state index in [4.69, 9.17) is 69.6 Å². The fourth-order valence-electron chi connectivity index (χ4n) is 3.24. The lowest BCUT2D eigenvalue weighted by molar-refractivity contribution is -0.177. The van der Waals surface area contributed by atoms with E-state index in [0.29, 0.717) is 0 Å². The zero-order valence-corrected chi connectivity index (χ0v) is 15.9. The lowest BCUT2D eigenvalue weighted by Crippen LogP contribution is -2.70. The molecule has 1 fully saturated rings. The molecule has 0 saturated heterocycles. The molecule has 0 heterocycles. The van der Waals surface area contributed by atoms with Crippen molar-refractivity contribution in [1.29, 1.82) is 0 Å². The molecule has 0 bridgehead atoms. The van der Waals surface area contributed by atoms with E-state index in [1.54, 1.807) is 0 Å². The SMILES string of the molecule is O=C(Cl)C1(C(=O)Cl)CCCC(C(=O)Cl)(C(=O)Cl)C1(C(=O)Cl)C(=O)Cl. The number of rotatable bonds is 6. The summed E-state index contributed by atoms with van der Waals surface area (Å²) in [5, 5.41) is -9.99. The van der Waals surface area contributed by atoms with Crippen LogP contribution < -0.4 is 0 Å². The van der Waals surface area contributed by atoms with Crippen molar-refractivity contribution < 1.29 is 28.8 Å².